The van der Waals surface area contributed by atoms with Crippen LogP contribution in [0.5, 0.6) is 0 Å². The molecule has 3 heterocycles. The molecule has 2 aliphatic heterocycles. The van der Waals surface area contributed by atoms with E-state index in [4.69, 9.17) is 24.0 Å². The molecule has 0 unspecified atom stereocenters. The molecule has 2 amide bonds. The first-order chi connectivity index (χ1) is 39.2. The van der Waals surface area contributed by atoms with Crippen molar-refractivity contribution in [2.45, 2.75) is 29.2 Å². The Morgan fingerprint density at radius 1 is 0.688 bits per heavy atom. The molecule has 8 aromatic rings. The van der Waals surface area contributed by atoms with Crippen molar-refractivity contribution in [3.8, 4) is 0 Å². The number of nitrogens with zero attached hydrogens (tertiary/aromatic N) is 3. The molecule has 10 rings (SSSR count). The zero-order chi connectivity index (χ0) is 55.3. The van der Waals surface area contributed by atoms with Gasteiger partial charge in [-0.1, -0.05) is 229 Å². The number of rotatable bonds is 21. The fraction of sp³-hybridized carbons (Fsp3) is 0.127. The number of methoxy groups -OCH3 is 1. The van der Waals surface area contributed by atoms with Gasteiger partial charge in [0.05, 0.1) is 7.11 Å². The lowest BCUT2D eigenvalue weighted by Gasteiger charge is -2.49. The average Bonchev–Trinajstić information content (AvgIpc) is 3.99. The standard InChI is InChI=1S/C63H51N5O9S3/c1-74-51(69)37-38-78-50-41-79-60-54(59(72)68(60)55(50)61(73)77-57(44-27-13-4-14-28-44)45-29-15-5-16-30-45)65-58(71)53(67-75-39-52(70)76-56(42-23-9-2-10-24-42)43-25-11-3-12-26-43)49-40-80-62(64-49)66-63(46-31-17-6-18-32-46,47-33-19-7-20-34-47)48-35-21-8-22-36-48/h2-38,40,54,56-57,60H,39,41H2,1H3,(H,64,66)(H,65,71)/b38-37-,67-53-/t54-,60-/m1/s1. The quantitative estimate of drug-likeness (QED) is 0.0132. The van der Waals surface area contributed by atoms with E-state index in [2.05, 4.69) is 15.8 Å². The van der Waals surface area contributed by atoms with Gasteiger partial charge in [0.1, 0.15) is 28.3 Å². The Labute approximate surface area is 474 Å². The van der Waals surface area contributed by atoms with Gasteiger partial charge in [0.15, 0.2) is 23.1 Å². The van der Waals surface area contributed by atoms with Gasteiger partial charge in [0, 0.05) is 22.1 Å². The Morgan fingerprint density at radius 2 is 1.15 bits per heavy atom. The number of β-lactam (4-membered cyclic amide) rings is 1. The lowest BCUT2D eigenvalue weighted by atomic mass is 9.77. The van der Waals surface area contributed by atoms with Crippen LogP contribution in [0.15, 0.2) is 245 Å². The van der Waals surface area contributed by atoms with Gasteiger partial charge in [-0.25, -0.2) is 19.4 Å². The van der Waals surface area contributed by atoms with Crippen LogP contribution in [-0.4, -0.2) is 76.2 Å². The van der Waals surface area contributed by atoms with Gasteiger partial charge in [-0.15, -0.1) is 23.1 Å². The number of oxime groups is 1. The lowest BCUT2D eigenvalue weighted by Crippen LogP contribution is -2.71. The summed E-state index contributed by atoms with van der Waals surface area (Å²) < 4.78 is 17.1. The average molecular weight is 1120 g/mol. The second-order valence-electron chi connectivity index (χ2n) is 18.1. The summed E-state index contributed by atoms with van der Waals surface area (Å²) in [6.07, 6.45) is -0.398. The number of nitrogens with one attached hydrogen (secondary N) is 2. The molecule has 400 valence electrons. The van der Waals surface area contributed by atoms with Crippen molar-refractivity contribution in [2.24, 2.45) is 5.16 Å². The van der Waals surface area contributed by atoms with Crippen LogP contribution in [0.4, 0.5) is 5.13 Å². The molecular weight excluding hydrogens is 1070 g/mol. The van der Waals surface area contributed by atoms with Crippen molar-refractivity contribution in [2.75, 3.05) is 24.8 Å². The number of carbonyl (C=O) groups excluding carboxylic acids is 5. The predicted octanol–water partition coefficient (Wildman–Crippen LogP) is 11.0. The van der Waals surface area contributed by atoms with E-state index in [0.717, 1.165) is 39.6 Å². The number of hydrogen-bond acceptors (Lipinski definition) is 15. The summed E-state index contributed by atoms with van der Waals surface area (Å²) in [7, 11) is 1.25. The van der Waals surface area contributed by atoms with E-state index in [1.807, 2.05) is 212 Å². The summed E-state index contributed by atoms with van der Waals surface area (Å²) >= 11 is 3.60. The van der Waals surface area contributed by atoms with Crippen LogP contribution >= 0.6 is 34.9 Å². The van der Waals surface area contributed by atoms with Crippen molar-refractivity contribution >= 4 is 75.4 Å². The van der Waals surface area contributed by atoms with Crippen molar-refractivity contribution in [1.82, 2.24) is 15.2 Å². The number of anilines is 1. The fourth-order valence-corrected chi connectivity index (χ4v) is 12.4. The maximum Gasteiger partial charge on any atom is 0.356 e. The highest BCUT2D eigenvalue weighted by atomic mass is 32.2. The Kier molecular flexibility index (Phi) is 17.4. The van der Waals surface area contributed by atoms with Crippen molar-refractivity contribution in [1.29, 1.82) is 0 Å². The Morgan fingerprint density at radius 3 is 1.62 bits per heavy atom. The predicted molar refractivity (Wildman–Crippen MR) is 310 cm³/mol. The third-order valence-electron chi connectivity index (χ3n) is 13.1. The lowest BCUT2D eigenvalue weighted by molar-refractivity contribution is -0.154. The third kappa shape index (κ3) is 12.1. The number of aromatic nitrogens is 1. The summed E-state index contributed by atoms with van der Waals surface area (Å²) in [4.78, 5) is 82.4. The van der Waals surface area contributed by atoms with Crippen LogP contribution in [0, 0.1) is 0 Å². The minimum atomic E-state index is -1.17. The second-order valence-corrected chi connectivity index (χ2v) is 21.1. The molecule has 1 fully saturated rings. The first-order valence-electron chi connectivity index (χ1n) is 25.3. The number of ether oxygens (including phenoxy) is 3. The van der Waals surface area contributed by atoms with Crippen LogP contribution in [0.25, 0.3) is 0 Å². The summed E-state index contributed by atoms with van der Waals surface area (Å²) in [6, 6.07) is 65.7. The van der Waals surface area contributed by atoms with E-state index < -0.39 is 65.5 Å². The topological polar surface area (TPSA) is 175 Å². The van der Waals surface area contributed by atoms with Crippen molar-refractivity contribution < 1.29 is 43.0 Å². The van der Waals surface area contributed by atoms with E-state index in [9.17, 15) is 24.0 Å². The number of amides is 2. The second kappa shape index (κ2) is 25.6. The molecule has 0 aliphatic carbocycles. The van der Waals surface area contributed by atoms with E-state index in [-0.39, 0.29) is 22.9 Å². The summed E-state index contributed by atoms with van der Waals surface area (Å²) in [5, 5.41) is 13.6. The largest absolute Gasteiger partial charge is 0.466 e. The minimum absolute atomic E-state index is 0.0328. The van der Waals surface area contributed by atoms with Crippen LogP contribution < -0.4 is 10.6 Å². The van der Waals surface area contributed by atoms with Gasteiger partial charge in [0.25, 0.3) is 11.8 Å². The summed E-state index contributed by atoms with van der Waals surface area (Å²) in [5.41, 5.74) is 4.35. The summed E-state index contributed by atoms with van der Waals surface area (Å²) in [5.74, 6) is -3.41. The third-order valence-corrected chi connectivity index (χ3v) is 16.2. The zero-order valence-corrected chi connectivity index (χ0v) is 45.4. The van der Waals surface area contributed by atoms with Gasteiger partial charge in [0.2, 0.25) is 6.61 Å². The molecule has 0 radical (unpaired) electrons. The van der Waals surface area contributed by atoms with Crippen LogP contribution in [0.2, 0.25) is 0 Å². The van der Waals surface area contributed by atoms with Crippen LogP contribution in [0.3, 0.4) is 0 Å². The number of benzene rings is 7. The molecule has 2 aliphatic rings. The molecule has 0 bridgehead atoms. The van der Waals surface area contributed by atoms with Gasteiger partial charge < -0.3 is 29.7 Å². The highest BCUT2D eigenvalue weighted by molar-refractivity contribution is 8.08. The smallest absolute Gasteiger partial charge is 0.356 e. The van der Waals surface area contributed by atoms with E-state index in [1.54, 1.807) is 5.38 Å². The number of fused-ring (bicyclic) bond motifs is 1. The molecule has 0 spiro atoms. The molecule has 1 aromatic heterocycles. The molecule has 17 heteroatoms. The van der Waals surface area contributed by atoms with E-state index in [1.165, 1.54) is 46.6 Å². The molecule has 1 saturated heterocycles. The first kappa shape index (κ1) is 54.3. The molecule has 14 nitrogen and oxygen atoms in total. The molecule has 2 N–H and O–H groups in total. The Balaban J connectivity index is 0.961. The van der Waals surface area contributed by atoms with Crippen LogP contribution in [-0.2, 0) is 48.6 Å². The van der Waals surface area contributed by atoms with Gasteiger partial charge in [-0.3, -0.25) is 14.5 Å². The number of hydrogen-bond donors (Lipinski definition) is 2. The maximum absolute atomic E-state index is 14.9. The van der Waals surface area contributed by atoms with Gasteiger partial charge in [-0.05, 0) is 44.4 Å². The fourth-order valence-electron chi connectivity index (χ4n) is 9.35. The highest BCUT2D eigenvalue weighted by Gasteiger charge is 2.55. The zero-order valence-electron chi connectivity index (χ0n) is 42.9. The Bertz CT molecular complexity index is 3360. The maximum atomic E-state index is 14.9. The van der Waals surface area contributed by atoms with Crippen molar-refractivity contribution in [3.05, 3.63) is 284 Å². The SMILES string of the molecule is COC(=O)/C=C\SC1=C(C(=O)OC(c2ccccc2)c2ccccc2)N2C(=O)[C@@H](NC(=O)/C(=N\OCC(=O)OC(c3ccccc3)c3ccccc3)c3csc(NC(c4ccccc4)(c4ccccc4)c4ccccc4)n3)[C@H]2SC1. The minimum Gasteiger partial charge on any atom is -0.466 e. The number of carbonyl (C=O) groups is 5. The number of thioether (sulfide) groups is 2. The highest BCUT2D eigenvalue weighted by Crippen LogP contribution is 2.45. The number of thiazole rings is 1. The normalized spacial score (nSPS) is 15.2. The molecule has 2 atom stereocenters. The molecule has 80 heavy (non-hydrogen) atoms. The molecule has 7 aromatic carbocycles. The van der Waals surface area contributed by atoms with E-state index in [0.29, 0.717) is 21.2 Å². The van der Waals surface area contributed by atoms with Gasteiger partial charge in [-0.2, -0.15) is 0 Å². The Hall–Kier alpha value is -9.03. The summed E-state index contributed by atoms with van der Waals surface area (Å²) in [6.45, 7) is -0.690. The van der Waals surface area contributed by atoms with E-state index >= 15 is 0 Å². The molecule has 0 saturated carbocycles. The first-order valence-corrected chi connectivity index (χ1v) is 28.1. The number of esters is 3. The van der Waals surface area contributed by atoms with Crippen LogP contribution in [0.1, 0.15) is 56.8 Å². The van der Waals surface area contributed by atoms with Gasteiger partial charge >= 0.3 is 17.9 Å². The molecular formula is C63H51N5O9S3. The monoisotopic (exact) mass is 1120 g/mol. The van der Waals surface area contributed by atoms with Crippen molar-refractivity contribution in [3.63, 3.8) is 0 Å².